The minimum Gasteiger partial charge on any atom is -0.696 e. The standard InChI is InChI=1S/C15H12N2S2.C8H8ClNO3S.C7H8S.C5H5N.CHNS.Na/c1-11-7-9-13(10-8-11)18-15-16-14(17-19-15)12-5-3-2-4-6-12;1-14(11,12)13-10-8(9)7-5-3-2-4-6-7;1-6-2-4-7(8)5-3-6;1-2-4-6-5-3-1;2-1-3;/h2-10H,1H3;2-6H,1H3;2-5,8H,1H3;1-5H;3H;/q;;;;;+1/p-1/b;10-8+;;;;. The van der Waals surface area contributed by atoms with Crippen molar-refractivity contribution in [1.29, 1.82) is 5.26 Å². The van der Waals surface area contributed by atoms with Gasteiger partial charge in [-0.15, -0.1) is 12.6 Å². The molecule has 15 heteroatoms. The van der Waals surface area contributed by atoms with E-state index in [-0.39, 0.29) is 34.7 Å². The van der Waals surface area contributed by atoms with Crippen molar-refractivity contribution in [3.63, 3.8) is 0 Å². The van der Waals surface area contributed by atoms with E-state index in [9.17, 15) is 8.42 Å². The maximum atomic E-state index is 10.6. The molecule has 0 unspecified atom stereocenters. The topological polar surface area (TPSA) is 118 Å². The number of hydrogen-bond acceptors (Lipinski definition) is 12. The van der Waals surface area contributed by atoms with Gasteiger partial charge in [-0.3, -0.25) is 9.27 Å². The van der Waals surface area contributed by atoms with Crippen LogP contribution in [0.4, 0.5) is 0 Å². The normalized spacial score (nSPS) is 9.92. The molecule has 0 atom stereocenters. The Kier molecular flexibility index (Phi) is 23.7. The average molecular weight is 802 g/mol. The third kappa shape index (κ3) is 21.6. The fourth-order valence-electron chi connectivity index (χ4n) is 3.25. The molecular weight excluding hydrogens is 769 g/mol. The molecule has 0 bridgehead atoms. The van der Waals surface area contributed by atoms with E-state index in [0.29, 0.717) is 5.56 Å². The summed E-state index contributed by atoms with van der Waals surface area (Å²) in [4.78, 5) is 10.6. The van der Waals surface area contributed by atoms with Gasteiger partial charge in [0.25, 0.3) is 0 Å². The van der Waals surface area contributed by atoms with E-state index in [2.05, 4.69) is 87.2 Å². The van der Waals surface area contributed by atoms with Gasteiger partial charge in [0.2, 0.25) is 0 Å². The molecule has 51 heavy (non-hydrogen) atoms. The molecule has 0 fully saturated rings. The van der Waals surface area contributed by atoms with Crippen molar-refractivity contribution in [3.05, 3.63) is 156 Å². The van der Waals surface area contributed by atoms with Crippen LogP contribution in [0.3, 0.4) is 0 Å². The molecule has 0 saturated heterocycles. The zero-order valence-electron chi connectivity index (χ0n) is 28.2. The summed E-state index contributed by atoms with van der Waals surface area (Å²) in [5.74, 6) is 0.806. The van der Waals surface area contributed by atoms with Gasteiger partial charge in [0, 0.05) is 33.3 Å². The number of nitrogens with zero attached hydrogens (tertiary/aromatic N) is 5. The van der Waals surface area contributed by atoms with Gasteiger partial charge < -0.3 is 12.6 Å². The van der Waals surface area contributed by atoms with Gasteiger partial charge in [0.1, 0.15) is 0 Å². The van der Waals surface area contributed by atoms with Crippen molar-refractivity contribution in [2.75, 3.05) is 6.26 Å². The van der Waals surface area contributed by atoms with Gasteiger partial charge in [0.05, 0.1) is 6.26 Å². The molecule has 8 nitrogen and oxygen atoms in total. The number of hydrogen-bond donors (Lipinski definition) is 1. The molecule has 2 aromatic heterocycles. The zero-order valence-corrected chi connectivity index (χ0v) is 35.1. The quantitative estimate of drug-likeness (QED) is 0.0496. The first kappa shape index (κ1) is 45.7. The summed E-state index contributed by atoms with van der Waals surface area (Å²) in [6.45, 7) is 4.15. The number of halogens is 1. The molecule has 258 valence electrons. The third-order valence-corrected chi connectivity index (χ3v) is 8.22. The Bertz CT molecular complexity index is 1940. The van der Waals surface area contributed by atoms with E-state index in [1.165, 1.54) is 33.0 Å². The van der Waals surface area contributed by atoms with E-state index >= 15 is 0 Å². The Morgan fingerprint density at radius 3 is 1.80 bits per heavy atom. The molecule has 0 aliphatic carbocycles. The number of aromatic nitrogens is 3. The van der Waals surface area contributed by atoms with Crippen LogP contribution in [0, 0.1) is 24.5 Å². The number of thiocyanates is 1. The van der Waals surface area contributed by atoms with Crippen LogP contribution in [0.25, 0.3) is 11.4 Å². The van der Waals surface area contributed by atoms with Crippen LogP contribution in [0.5, 0.6) is 0 Å². The smallest absolute Gasteiger partial charge is 0.696 e. The van der Waals surface area contributed by atoms with Crippen LogP contribution in [-0.4, -0.2) is 34.2 Å². The van der Waals surface area contributed by atoms with Crippen molar-refractivity contribution < 1.29 is 42.3 Å². The van der Waals surface area contributed by atoms with Crippen LogP contribution in [-0.2, 0) is 27.0 Å². The van der Waals surface area contributed by atoms with Crippen molar-refractivity contribution in [2.24, 2.45) is 5.16 Å². The summed E-state index contributed by atoms with van der Waals surface area (Å²) in [6, 6.07) is 41.0. The molecule has 0 aliphatic rings. The third-order valence-electron chi connectivity index (χ3n) is 5.53. The van der Waals surface area contributed by atoms with Crippen molar-refractivity contribution >= 4 is 75.4 Å². The SMILES string of the molecule is CS(=O)(=O)O/N=C(/Cl)c1ccccc1.Cc1ccc(S)cc1.Cc1ccc(Sc2nc(-c3ccccc3)ns2)cc1.N#C[S-].[Na+].c1ccncc1. The first-order valence-corrected chi connectivity index (χ1v) is 19.1. The largest absolute Gasteiger partial charge is 1.00 e. The molecule has 0 radical (unpaired) electrons. The molecular formula is C36H33ClN5NaO3S5. The number of aryl methyl sites for hydroxylation is 2. The Hall–Kier alpha value is -3.29. The van der Waals surface area contributed by atoms with Gasteiger partial charge in [-0.25, -0.2) is 10.2 Å². The first-order valence-electron chi connectivity index (χ1n) is 14.4. The van der Waals surface area contributed by atoms with Gasteiger partial charge in [-0.05, 0) is 61.8 Å². The van der Waals surface area contributed by atoms with E-state index in [4.69, 9.17) is 16.9 Å². The molecule has 4 aromatic carbocycles. The number of pyridine rings is 1. The van der Waals surface area contributed by atoms with Gasteiger partial charge in [0.15, 0.2) is 15.3 Å². The maximum absolute atomic E-state index is 10.6. The fraction of sp³-hybridized carbons (Fsp3) is 0.0833. The minimum absolute atomic E-state index is 0. The fourth-order valence-corrected chi connectivity index (χ4v) is 5.40. The van der Waals surface area contributed by atoms with Crippen LogP contribution in [0.15, 0.2) is 159 Å². The van der Waals surface area contributed by atoms with Crippen molar-refractivity contribution in [3.8, 4) is 16.8 Å². The Labute approximate surface area is 346 Å². The molecule has 6 aromatic rings. The predicted octanol–water partition coefficient (Wildman–Crippen LogP) is 6.61. The predicted molar refractivity (Wildman–Crippen MR) is 211 cm³/mol. The second-order valence-corrected chi connectivity index (χ2v) is 14.3. The maximum Gasteiger partial charge on any atom is 1.00 e. The first-order chi connectivity index (χ1) is 24.0. The molecule has 0 amide bonds. The Morgan fingerprint density at radius 2 is 1.35 bits per heavy atom. The Balaban J connectivity index is 0.000000356. The van der Waals surface area contributed by atoms with Crippen LogP contribution in [0.1, 0.15) is 16.7 Å². The monoisotopic (exact) mass is 801 g/mol. The summed E-state index contributed by atoms with van der Waals surface area (Å²) in [7, 11) is -3.60. The van der Waals surface area contributed by atoms with E-state index in [1.807, 2.05) is 78.9 Å². The second-order valence-electron chi connectivity index (χ2n) is 9.64. The minimum atomic E-state index is -3.60. The average Bonchev–Trinajstić information content (AvgIpc) is 3.60. The van der Waals surface area contributed by atoms with E-state index < -0.39 is 10.1 Å². The molecule has 2 heterocycles. The van der Waals surface area contributed by atoms with Crippen molar-refractivity contribution in [2.45, 2.75) is 28.0 Å². The van der Waals surface area contributed by atoms with Gasteiger partial charge >= 0.3 is 39.7 Å². The number of benzene rings is 4. The Morgan fingerprint density at radius 1 is 0.863 bits per heavy atom. The van der Waals surface area contributed by atoms with Crippen LogP contribution >= 0.6 is 47.5 Å². The number of nitriles is 1. The molecule has 6 rings (SSSR count). The summed E-state index contributed by atoms with van der Waals surface area (Å²) in [6.07, 6.45) is 4.39. The summed E-state index contributed by atoms with van der Waals surface area (Å²) in [5, 5.41) is 11.7. The zero-order chi connectivity index (χ0) is 36.6. The summed E-state index contributed by atoms with van der Waals surface area (Å²) >= 11 is 16.6. The van der Waals surface area contributed by atoms with Gasteiger partial charge in [-0.1, -0.05) is 136 Å². The summed E-state index contributed by atoms with van der Waals surface area (Å²) in [5.41, 5.74) is 4.21. The second kappa shape index (κ2) is 26.5. The molecule has 0 N–H and O–H groups in total. The molecule has 0 saturated carbocycles. The van der Waals surface area contributed by atoms with Crippen LogP contribution < -0.4 is 29.6 Å². The summed E-state index contributed by atoms with van der Waals surface area (Å²) < 4.78 is 30.7. The number of thiol groups is 1. The van der Waals surface area contributed by atoms with Gasteiger partial charge in [-0.2, -0.15) is 12.8 Å². The number of rotatable bonds is 6. The van der Waals surface area contributed by atoms with E-state index in [0.717, 1.165) is 26.9 Å². The van der Waals surface area contributed by atoms with E-state index in [1.54, 1.807) is 48.4 Å². The van der Waals surface area contributed by atoms with Crippen molar-refractivity contribution in [1.82, 2.24) is 14.3 Å². The van der Waals surface area contributed by atoms with Crippen LogP contribution in [0.2, 0.25) is 0 Å². The molecule has 0 spiro atoms. The number of oxime groups is 1. The molecule has 0 aliphatic heterocycles.